The van der Waals surface area contributed by atoms with Crippen molar-refractivity contribution in [3.8, 4) is 0 Å². The fraction of sp³-hybridized carbons (Fsp3) is 0.632. The molecule has 5 nitrogen and oxygen atoms in total. The van der Waals surface area contributed by atoms with E-state index in [0.29, 0.717) is 18.9 Å². The van der Waals surface area contributed by atoms with E-state index in [9.17, 15) is 4.79 Å². The van der Waals surface area contributed by atoms with Crippen LogP contribution in [0, 0.1) is 0 Å². The van der Waals surface area contributed by atoms with Gasteiger partial charge in [-0.1, -0.05) is 25.1 Å². The molecule has 1 amide bonds. The lowest BCUT2D eigenvalue weighted by atomic mass is 10.1. The third-order valence-electron chi connectivity index (χ3n) is 4.82. The molecular formula is C19H33Cl2N3O2. The van der Waals surface area contributed by atoms with Crippen molar-refractivity contribution in [3.63, 3.8) is 0 Å². The van der Waals surface area contributed by atoms with Crippen LogP contribution >= 0.6 is 24.8 Å². The minimum atomic E-state index is 0. The number of hydrogen-bond donors (Lipinski definition) is 1. The first-order chi connectivity index (χ1) is 11.7. The van der Waals surface area contributed by atoms with Crippen molar-refractivity contribution in [2.75, 3.05) is 45.1 Å². The Bertz CT molecular complexity index is 531. The molecule has 0 aromatic heterocycles. The zero-order valence-corrected chi connectivity index (χ0v) is 17.5. The van der Waals surface area contributed by atoms with E-state index >= 15 is 0 Å². The zero-order valence-electron chi connectivity index (χ0n) is 15.9. The Morgan fingerprint density at radius 2 is 1.96 bits per heavy atom. The number of hydrogen-bond acceptors (Lipinski definition) is 4. The Labute approximate surface area is 170 Å². The number of nitrogens with zero attached hydrogens (tertiary/aromatic N) is 2. The Hall–Kier alpha value is -1.01. The smallest absolute Gasteiger partial charge is 0.222 e. The van der Waals surface area contributed by atoms with E-state index in [4.69, 9.17) is 10.5 Å². The highest BCUT2D eigenvalue weighted by molar-refractivity contribution is 5.85. The quantitative estimate of drug-likeness (QED) is 0.533. The predicted octanol–water partition coefficient (Wildman–Crippen LogP) is 3.00. The first-order valence-corrected chi connectivity index (χ1v) is 9.08. The largest absolute Gasteiger partial charge is 0.399 e. The molecule has 26 heavy (non-hydrogen) atoms. The lowest BCUT2D eigenvalue weighted by Crippen LogP contribution is -2.55. The number of nitrogens with two attached hydrogens (primary N) is 1. The summed E-state index contributed by atoms with van der Waals surface area (Å²) in [6.07, 6.45) is 2.30. The number of anilines is 1. The summed E-state index contributed by atoms with van der Waals surface area (Å²) in [7, 11) is 0. The first-order valence-electron chi connectivity index (χ1n) is 9.08. The van der Waals surface area contributed by atoms with Crippen LogP contribution in [0.1, 0.15) is 32.3 Å². The third-order valence-corrected chi connectivity index (χ3v) is 4.82. The standard InChI is InChI=1S/C19H31N3O2.2ClH/c1-3-17-15-22(12-11-21(17)13-14-24-4-2)19(23)10-9-16-7-5-6-8-18(16)20;;/h5-8,17H,3-4,9-15,20H2,1-2H3;2*1H. The molecule has 2 rings (SSSR count). The molecule has 1 unspecified atom stereocenters. The van der Waals surface area contributed by atoms with Crippen LogP contribution < -0.4 is 5.73 Å². The summed E-state index contributed by atoms with van der Waals surface area (Å²) < 4.78 is 5.47. The van der Waals surface area contributed by atoms with Crippen molar-refractivity contribution in [2.24, 2.45) is 0 Å². The van der Waals surface area contributed by atoms with E-state index in [0.717, 1.165) is 57.1 Å². The number of nitrogen functional groups attached to an aromatic ring is 1. The van der Waals surface area contributed by atoms with Crippen molar-refractivity contribution >= 4 is 36.4 Å². The summed E-state index contributed by atoms with van der Waals surface area (Å²) in [6, 6.07) is 8.23. The number of amides is 1. The van der Waals surface area contributed by atoms with Gasteiger partial charge in [-0.3, -0.25) is 9.69 Å². The van der Waals surface area contributed by atoms with Gasteiger partial charge in [0.05, 0.1) is 6.61 Å². The van der Waals surface area contributed by atoms with Gasteiger partial charge in [-0.2, -0.15) is 0 Å². The Morgan fingerprint density at radius 3 is 2.62 bits per heavy atom. The second-order valence-corrected chi connectivity index (χ2v) is 6.33. The van der Waals surface area contributed by atoms with Crippen LogP contribution in [0.2, 0.25) is 0 Å². The predicted molar refractivity (Wildman–Crippen MR) is 112 cm³/mol. The third kappa shape index (κ3) is 7.31. The van der Waals surface area contributed by atoms with Crippen LogP contribution in [0.5, 0.6) is 0 Å². The molecule has 1 heterocycles. The Balaban J connectivity index is 0.00000312. The first kappa shape index (κ1) is 25.0. The van der Waals surface area contributed by atoms with E-state index in [1.807, 2.05) is 36.1 Å². The maximum Gasteiger partial charge on any atom is 0.222 e. The average Bonchev–Trinajstić information content (AvgIpc) is 2.61. The second-order valence-electron chi connectivity index (χ2n) is 6.33. The SMILES string of the molecule is CCOCCN1CCN(C(=O)CCc2ccccc2N)CC1CC.Cl.Cl. The summed E-state index contributed by atoms with van der Waals surface area (Å²) in [5.41, 5.74) is 7.80. The molecule has 0 spiro atoms. The van der Waals surface area contributed by atoms with Crippen molar-refractivity contribution in [2.45, 2.75) is 39.2 Å². The number of ether oxygens (including phenoxy) is 1. The van der Waals surface area contributed by atoms with Gasteiger partial charge in [0.25, 0.3) is 0 Å². The Morgan fingerprint density at radius 1 is 1.23 bits per heavy atom. The number of piperazine rings is 1. The second kappa shape index (κ2) is 13.2. The molecule has 0 radical (unpaired) electrons. The molecule has 0 bridgehead atoms. The molecule has 1 aliphatic heterocycles. The fourth-order valence-corrected chi connectivity index (χ4v) is 3.29. The summed E-state index contributed by atoms with van der Waals surface area (Å²) >= 11 is 0. The van der Waals surface area contributed by atoms with Crippen LogP contribution in [0.25, 0.3) is 0 Å². The molecule has 1 aromatic carbocycles. The van der Waals surface area contributed by atoms with E-state index in [1.54, 1.807) is 0 Å². The van der Waals surface area contributed by atoms with Gasteiger partial charge in [-0.15, -0.1) is 24.8 Å². The topological polar surface area (TPSA) is 58.8 Å². The zero-order chi connectivity index (χ0) is 17.4. The van der Waals surface area contributed by atoms with Gasteiger partial charge in [-0.25, -0.2) is 0 Å². The van der Waals surface area contributed by atoms with Crippen LogP contribution in [0.15, 0.2) is 24.3 Å². The molecule has 0 aliphatic carbocycles. The molecule has 150 valence electrons. The van der Waals surface area contributed by atoms with Crippen LogP contribution in [-0.2, 0) is 16.0 Å². The van der Waals surface area contributed by atoms with Crippen molar-refractivity contribution < 1.29 is 9.53 Å². The number of carbonyl (C=O) groups is 1. The average molecular weight is 406 g/mol. The lowest BCUT2D eigenvalue weighted by molar-refractivity contribution is -0.134. The summed E-state index contributed by atoms with van der Waals surface area (Å²) in [4.78, 5) is 17.0. The highest BCUT2D eigenvalue weighted by Crippen LogP contribution is 2.16. The van der Waals surface area contributed by atoms with Gasteiger partial charge in [0.1, 0.15) is 0 Å². The van der Waals surface area contributed by atoms with Crippen molar-refractivity contribution in [1.29, 1.82) is 0 Å². The highest BCUT2D eigenvalue weighted by Gasteiger charge is 2.27. The van der Waals surface area contributed by atoms with Gasteiger partial charge in [0.15, 0.2) is 0 Å². The van der Waals surface area contributed by atoms with E-state index in [-0.39, 0.29) is 30.7 Å². The van der Waals surface area contributed by atoms with Gasteiger partial charge in [0.2, 0.25) is 5.91 Å². The number of rotatable bonds is 8. The molecule has 1 fully saturated rings. The summed E-state index contributed by atoms with van der Waals surface area (Å²) in [5, 5.41) is 0. The van der Waals surface area contributed by atoms with E-state index < -0.39 is 0 Å². The molecule has 1 saturated heterocycles. The number of aryl methyl sites for hydroxylation is 1. The fourth-order valence-electron chi connectivity index (χ4n) is 3.29. The van der Waals surface area contributed by atoms with E-state index in [1.165, 1.54) is 0 Å². The van der Waals surface area contributed by atoms with Crippen molar-refractivity contribution in [3.05, 3.63) is 29.8 Å². The van der Waals surface area contributed by atoms with E-state index in [2.05, 4.69) is 11.8 Å². The monoisotopic (exact) mass is 405 g/mol. The maximum atomic E-state index is 12.6. The summed E-state index contributed by atoms with van der Waals surface area (Å²) in [5.74, 6) is 0.237. The number of carbonyl (C=O) groups excluding carboxylic acids is 1. The molecule has 1 aliphatic rings. The molecule has 1 aromatic rings. The van der Waals surface area contributed by atoms with Crippen LogP contribution in [-0.4, -0.2) is 61.1 Å². The summed E-state index contributed by atoms with van der Waals surface area (Å²) in [6.45, 7) is 9.27. The van der Waals surface area contributed by atoms with Gasteiger partial charge in [0, 0.05) is 50.9 Å². The minimum absolute atomic E-state index is 0. The number of halogens is 2. The lowest BCUT2D eigenvalue weighted by Gasteiger charge is -2.41. The molecule has 7 heteroatoms. The number of para-hydroxylation sites is 1. The van der Waals surface area contributed by atoms with Gasteiger partial charge in [-0.05, 0) is 31.4 Å². The minimum Gasteiger partial charge on any atom is -0.399 e. The number of benzene rings is 1. The molecule has 0 saturated carbocycles. The normalized spacial score (nSPS) is 17.3. The highest BCUT2D eigenvalue weighted by atomic mass is 35.5. The molecule has 2 N–H and O–H groups in total. The van der Waals surface area contributed by atoms with Crippen LogP contribution in [0.3, 0.4) is 0 Å². The molecule has 1 atom stereocenters. The van der Waals surface area contributed by atoms with Gasteiger partial charge >= 0.3 is 0 Å². The van der Waals surface area contributed by atoms with Gasteiger partial charge < -0.3 is 15.4 Å². The van der Waals surface area contributed by atoms with Crippen LogP contribution in [0.4, 0.5) is 5.69 Å². The maximum absolute atomic E-state index is 12.6. The molecular weight excluding hydrogens is 373 g/mol. The Kier molecular flexibility index (Phi) is 12.7. The van der Waals surface area contributed by atoms with Crippen molar-refractivity contribution in [1.82, 2.24) is 9.80 Å².